The third-order valence-corrected chi connectivity index (χ3v) is 28.2. The van der Waals surface area contributed by atoms with Crippen LogP contribution >= 0.6 is 0 Å². The van der Waals surface area contributed by atoms with Crippen molar-refractivity contribution >= 4 is 22.7 Å². The minimum absolute atomic E-state index is 0.104. The molecule has 754 valence electrons. The van der Waals surface area contributed by atoms with E-state index in [0.717, 1.165) is 74.5 Å². The summed E-state index contributed by atoms with van der Waals surface area (Å²) in [6, 6.07) is 68.2. The quantitative estimate of drug-likeness (QED) is 0.0291. The summed E-state index contributed by atoms with van der Waals surface area (Å²) >= 11 is 0. The molecule has 15 rings (SSSR count). The molecule has 4 heterocycles. The molecule has 0 amide bonds. The van der Waals surface area contributed by atoms with E-state index >= 15 is 0 Å². The number of likely N-dealkylation sites (N-methyl/N-ethyl adjacent to an activating group) is 1. The monoisotopic (exact) mass is 1880 g/mol. The average molecular weight is 1880 g/mol. The van der Waals surface area contributed by atoms with Crippen LogP contribution in [0.4, 0.5) is 49.1 Å². The number of halogens is 6. The number of nitrogens with zero attached hydrogens (tertiary/aromatic N) is 4. The number of aliphatic hydroxyl groups is 3. The Morgan fingerprint density at radius 3 is 0.956 bits per heavy atom. The molecule has 4 aliphatic heterocycles. The predicted molar refractivity (Wildman–Crippen MR) is 563 cm³/mol. The number of ether oxygens (including phenoxy) is 1. The van der Waals surface area contributed by atoms with Crippen LogP contribution in [0.25, 0.3) is 0 Å². The van der Waals surface area contributed by atoms with Crippen LogP contribution in [0.3, 0.4) is 0 Å². The minimum Gasteiger partial charge on any atom is -0.393 e. The van der Waals surface area contributed by atoms with Gasteiger partial charge in [0.2, 0.25) is 0 Å². The third-order valence-electron chi connectivity index (χ3n) is 28.2. The molecule has 0 spiro atoms. The summed E-state index contributed by atoms with van der Waals surface area (Å²) in [7, 11) is 2.00. The summed E-state index contributed by atoms with van der Waals surface area (Å²) in [5.74, 6) is 5.49. The van der Waals surface area contributed by atoms with Gasteiger partial charge in [0.15, 0.2) is 0 Å². The topological polar surface area (TPSA) is 119 Å². The largest absolute Gasteiger partial charge is 0.404 e. The number of hydrogen-bond acceptors (Lipinski definition) is 11. The van der Waals surface area contributed by atoms with Gasteiger partial charge in [-0.2, -0.15) is 26.3 Å². The van der Waals surface area contributed by atoms with E-state index in [1.54, 1.807) is 9.80 Å². The molecule has 7 fully saturated rings. The van der Waals surface area contributed by atoms with Crippen molar-refractivity contribution in [1.29, 1.82) is 0 Å². The highest BCUT2D eigenvalue weighted by atomic mass is 19.4. The zero-order valence-electron chi connectivity index (χ0n) is 87.4. The Labute approximate surface area is 819 Å². The first-order valence-electron chi connectivity index (χ1n) is 52.1. The lowest BCUT2D eigenvalue weighted by atomic mass is 9.95. The molecule has 0 radical (unpaired) electrons. The van der Waals surface area contributed by atoms with E-state index in [1.807, 2.05) is 83.3 Å². The number of likely N-dealkylation sites (tertiary alicyclic amines) is 3. The van der Waals surface area contributed by atoms with Gasteiger partial charge in [0.1, 0.15) is 12.1 Å². The summed E-state index contributed by atoms with van der Waals surface area (Å²) in [6.45, 7) is 50.1. The Balaban J connectivity index is 0.000000191. The fraction of sp³-hybridized carbons (Fsp3) is 0.597. The van der Waals surface area contributed by atoms with Crippen LogP contribution in [0, 0.1) is 5.92 Å². The predicted octanol–water partition coefficient (Wildman–Crippen LogP) is 30.9. The zero-order chi connectivity index (χ0) is 99.6. The summed E-state index contributed by atoms with van der Waals surface area (Å²) < 4.78 is 82.6. The SMILES string of the molecule is CC(C)c1ccc(CC2CCCC2)cc1.CC(C)c1ccc(CN2CCCC2C(C)(C)O)cc1.CC(C)c1ccc(CN2CCC[C@@H]2C(F)(F)F)cc1.CC(C)c1ccc(CN2CCC[C@H]2C(F)(F)F)cc1.CC(C)c1ccc(N(C)CC(C)(C)O)cc1.CC(C)c1ccc(NC2CCC(O)C2)cc1.CC(C)c1ccc(NC2CCCCC2)cc1.CC(C)c1ccc(NC2CCOC2C)cc1. The normalized spacial score (nSPS) is 20.2. The van der Waals surface area contributed by atoms with Crippen LogP contribution in [-0.4, -0.2) is 142 Å². The Hall–Kier alpha value is -7.74. The van der Waals surface area contributed by atoms with Crippen molar-refractivity contribution in [3.63, 3.8) is 0 Å². The molecule has 3 aliphatic carbocycles. The van der Waals surface area contributed by atoms with Gasteiger partial charge in [-0.25, -0.2) is 0 Å². The van der Waals surface area contributed by atoms with Gasteiger partial charge in [0.25, 0.3) is 0 Å². The number of anilines is 4. The van der Waals surface area contributed by atoms with Gasteiger partial charge >= 0.3 is 12.4 Å². The van der Waals surface area contributed by atoms with Crippen molar-refractivity contribution in [3.8, 4) is 0 Å². The van der Waals surface area contributed by atoms with Crippen molar-refractivity contribution in [3.05, 3.63) is 261 Å². The average Bonchev–Trinajstić information content (AvgIpc) is 1.68. The van der Waals surface area contributed by atoms with Crippen molar-refractivity contribution < 1.29 is 46.4 Å². The minimum atomic E-state index is -4.10. The first kappa shape index (κ1) is 114. The standard InChI is InChI=1S/C17H27NO.2C15H20F3N.C15H23N.C15H22.2C14H21NO.C14H23NO/c1-13(2)15-9-7-14(8-10-15)12-18-11-5-6-16(18)17(3,4)19;2*1-11(2)13-7-5-12(6-8-13)10-19-9-3-4-14(19)15(16,17)18;1-12(2)13-8-10-15(11-9-13)16-14-6-4-3-5-7-14;1-12(2)15-9-7-14(8-10-15)11-13-5-3-4-6-13;1-10(2)12-4-6-13(7-5-12)15-14-8-9-16-11(14)3;1-10(2)11-3-5-12(6-4-11)15-13-7-8-14(16)9-13;1-11(2)12-6-8-13(9-7-12)15(5)10-14(3,4)16/h7-10,13,16,19H,5-6,11-12H2,1-4H3;2*5-8,11,14H,3-4,9-10H2,1-2H3;8-12,14,16H,3-7H2,1-2H3;7-10,12-13H,3-6,11H2,1-2H3;4-7,10-11,14-15H,8-9H2,1-3H3;3-6,10,13-16H,7-9H2,1-2H3;6-9,11,16H,10H2,1-5H3/t;2*14-;;;;;/m.10...../s1. The van der Waals surface area contributed by atoms with Gasteiger partial charge in [-0.3, -0.25) is 14.7 Å². The number of alkyl halides is 6. The third kappa shape index (κ3) is 39.7. The second-order valence-corrected chi connectivity index (χ2v) is 43.7. The molecule has 7 atom stereocenters. The van der Waals surface area contributed by atoms with Crippen LogP contribution in [0.15, 0.2) is 194 Å². The highest BCUT2D eigenvalue weighted by molar-refractivity contribution is 5.50. The van der Waals surface area contributed by atoms with Crippen molar-refractivity contribution in [1.82, 2.24) is 14.7 Å². The van der Waals surface area contributed by atoms with E-state index in [2.05, 4.69) is 289 Å². The maximum absolute atomic E-state index is 12.8. The van der Waals surface area contributed by atoms with Crippen molar-refractivity contribution in [2.24, 2.45) is 5.92 Å². The number of hydrogen-bond donors (Lipinski definition) is 6. The van der Waals surface area contributed by atoms with E-state index in [0.29, 0.717) is 117 Å². The Bertz CT molecular complexity index is 4320. The van der Waals surface area contributed by atoms with E-state index in [9.17, 15) is 41.7 Å². The molecular weight excluding hydrogens is 1710 g/mol. The number of nitrogens with one attached hydrogen (secondary N) is 3. The van der Waals surface area contributed by atoms with Gasteiger partial charge in [0, 0.05) is 80.7 Å². The lowest BCUT2D eigenvalue weighted by molar-refractivity contribution is -0.177. The second-order valence-electron chi connectivity index (χ2n) is 43.7. The summed E-state index contributed by atoms with van der Waals surface area (Å²) in [5, 5.41) is 40.1. The lowest BCUT2D eigenvalue weighted by Gasteiger charge is -2.33. The maximum Gasteiger partial charge on any atom is 0.404 e. The van der Waals surface area contributed by atoms with E-state index < -0.39 is 35.6 Å². The molecule has 8 aromatic rings. The molecule has 0 aromatic heterocycles. The number of rotatable bonds is 26. The van der Waals surface area contributed by atoms with Gasteiger partial charge in [-0.15, -0.1) is 0 Å². The highest BCUT2D eigenvalue weighted by Gasteiger charge is 2.47. The Kier molecular flexibility index (Phi) is 46.3. The van der Waals surface area contributed by atoms with Gasteiger partial charge < -0.3 is 40.9 Å². The fourth-order valence-electron chi connectivity index (χ4n) is 19.5. The molecule has 3 saturated carbocycles. The van der Waals surface area contributed by atoms with Crippen LogP contribution in [0.1, 0.15) is 381 Å². The van der Waals surface area contributed by atoms with Gasteiger partial charge in [0.05, 0.1) is 29.5 Å². The van der Waals surface area contributed by atoms with E-state index in [-0.39, 0.29) is 25.0 Å². The summed E-state index contributed by atoms with van der Waals surface area (Å²) in [5.41, 5.74) is 19.2. The zero-order valence-corrected chi connectivity index (χ0v) is 87.4. The molecular formula is C119H177F6N7O4. The van der Waals surface area contributed by atoms with Gasteiger partial charge in [-0.1, -0.05) is 301 Å². The highest BCUT2D eigenvalue weighted by Crippen LogP contribution is 2.38. The smallest absolute Gasteiger partial charge is 0.393 e. The molecule has 4 saturated heterocycles. The van der Waals surface area contributed by atoms with Crippen LogP contribution < -0.4 is 20.9 Å². The molecule has 8 aromatic carbocycles. The molecule has 7 aliphatic rings. The summed E-state index contributed by atoms with van der Waals surface area (Å²) in [6.07, 6.45) is 14.0. The molecule has 0 bridgehead atoms. The van der Waals surface area contributed by atoms with Crippen molar-refractivity contribution in [2.75, 3.05) is 60.7 Å². The summed E-state index contributed by atoms with van der Waals surface area (Å²) in [4.78, 5) is 7.59. The Morgan fingerprint density at radius 1 is 0.353 bits per heavy atom. The maximum atomic E-state index is 12.8. The first-order chi connectivity index (χ1) is 64.2. The van der Waals surface area contributed by atoms with Crippen LogP contribution in [0.2, 0.25) is 0 Å². The number of benzene rings is 8. The lowest BCUT2D eigenvalue weighted by Crippen LogP contribution is -2.45. The second kappa shape index (κ2) is 55.5. The van der Waals surface area contributed by atoms with E-state index in [1.165, 1.54) is 143 Å². The molecule has 136 heavy (non-hydrogen) atoms. The van der Waals surface area contributed by atoms with E-state index in [4.69, 9.17) is 4.74 Å². The molecule has 17 heteroatoms. The first-order valence-corrected chi connectivity index (χ1v) is 52.1. The fourth-order valence-corrected chi connectivity index (χ4v) is 19.5. The van der Waals surface area contributed by atoms with Crippen LogP contribution in [-0.2, 0) is 30.8 Å². The number of aliphatic hydroxyl groups excluding tert-OH is 1. The molecule has 5 unspecified atom stereocenters. The van der Waals surface area contributed by atoms with Crippen LogP contribution in [0.5, 0.6) is 0 Å². The molecule has 11 nitrogen and oxygen atoms in total. The Morgan fingerprint density at radius 2 is 0.654 bits per heavy atom. The van der Waals surface area contributed by atoms with Gasteiger partial charge in [-0.05, 0) is 306 Å². The molecule has 6 N–H and O–H groups in total. The van der Waals surface area contributed by atoms with Crippen molar-refractivity contribution in [2.45, 2.75) is 413 Å².